The summed E-state index contributed by atoms with van der Waals surface area (Å²) in [5.41, 5.74) is 11.5. The second-order valence-corrected chi connectivity index (χ2v) is 2.15. The molecule has 0 saturated heterocycles. The molecule has 0 bridgehead atoms. The van der Waals surface area contributed by atoms with E-state index in [9.17, 15) is 0 Å². The Hall–Kier alpha value is -1.58. The Morgan fingerprint density at radius 2 is 1.91 bits per heavy atom. The largest absolute Gasteiger partial charge is 0.506 e. The van der Waals surface area contributed by atoms with Crippen LogP contribution in [0.4, 0.5) is 11.4 Å². The summed E-state index contributed by atoms with van der Waals surface area (Å²) < 4.78 is 4.84. The van der Waals surface area contributed by atoms with Gasteiger partial charge in [-0.3, -0.25) is 0 Å². The number of aromatic hydroxyl groups is 1. The maximum absolute atomic E-state index is 9.10. The Morgan fingerprint density at radius 3 is 2.45 bits per heavy atom. The van der Waals surface area contributed by atoms with E-state index in [2.05, 4.69) is 0 Å². The van der Waals surface area contributed by atoms with Crippen LogP contribution in [0.2, 0.25) is 0 Å². The number of methoxy groups -OCH3 is 1. The lowest BCUT2D eigenvalue weighted by Crippen LogP contribution is -1.94. The van der Waals surface area contributed by atoms with Crippen molar-refractivity contribution in [1.82, 2.24) is 0 Å². The van der Waals surface area contributed by atoms with Crippen molar-refractivity contribution in [2.75, 3.05) is 18.6 Å². The molecule has 0 spiro atoms. The molecule has 0 aliphatic carbocycles. The molecule has 5 N–H and O–H groups in total. The molecule has 4 nitrogen and oxygen atoms in total. The number of ether oxygens (including phenoxy) is 1. The van der Waals surface area contributed by atoms with Gasteiger partial charge in [-0.25, -0.2) is 0 Å². The van der Waals surface area contributed by atoms with Crippen LogP contribution in [0.1, 0.15) is 0 Å². The summed E-state index contributed by atoms with van der Waals surface area (Å²) in [6.45, 7) is 0. The predicted octanol–water partition coefficient (Wildman–Crippen LogP) is 0.565. The van der Waals surface area contributed by atoms with Gasteiger partial charge < -0.3 is 21.3 Å². The first-order valence-corrected chi connectivity index (χ1v) is 3.07. The van der Waals surface area contributed by atoms with E-state index < -0.39 is 0 Å². The van der Waals surface area contributed by atoms with E-state index in [0.29, 0.717) is 11.4 Å². The van der Waals surface area contributed by atoms with Crippen LogP contribution in [-0.2, 0) is 0 Å². The van der Waals surface area contributed by atoms with Crippen LogP contribution in [0.15, 0.2) is 12.1 Å². The van der Waals surface area contributed by atoms with Crippen molar-refractivity contribution in [2.24, 2.45) is 0 Å². The van der Waals surface area contributed by atoms with Gasteiger partial charge in [-0.1, -0.05) is 0 Å². The number of phenolic OH excluding ortho intramolecular Hbond substituents is 1. The first-order chi connectivity index (χ1) is 5.15. The molecular weight excluding hydrogens is 144 g/mol. The summed E-state index contributed by atoms with van der Waals surface area (Å²) in [6.07, 6.45) is 0. The third kappa shape index (κ3) is 1.29. The zero-order chi connectivity index (χ0) is 8.43. The minimum Gasteiger partial charge on any atom is -0.506 e. The van der Waals surface area contributed by atoms with E-state index in [1.807, 2.05) is 0 Å². The van der Waals surface area contributed by atoms with Gasteiger partial charge in [0.25, 0.3) is 0 Å². The lowest BCUT2D eigenvalue weighted by atomic mass is 10.2. The highest BCUT2D eigenvalue weighted by Gasteiger charge is 2.03. The summed E-state index contributed by atoms with van der Waals surface area (Å²) >= 11 is 0. The number of nitrogens with two attached hydrogens (primary N) is 2. The fourth-order valence-electron chi connectivity index (χ4n) is 0.780. The fraction of sp³-hybridized carbons (Fsp3) is 0.143. The van der Waals surface area contributed by atoms with Gasteiger partial charge in [0.1, 0.15) is 11.5 Å². The first kappa shape index (κ1) is 7.53. The second kappa shape index (κ2) is 2.57. The van der Waals surface area contributed by atoms with Crippen LogP contribution in [0.5, 0.6) is 11.5 Å². The van der Waals surface area contributed by atoms with Gasteiger partial charge in [0.05, 0.1) is 18.5 Å². The minimum absolute atomic E-state index is 0.0175. The molecule has 11 heavy (non-hydrogen) atoms. The maximum atomic E-state index is 9.10. The smallest absolute Gasteiger partial charge is 0.145 e. The van der Waals surface area contributed by atoms with Crippen molar-refractivity contribution >= 4 is 11.4 Å². The van der Waals surface area contributed by atoms with E-state index in [1.165, 1.54) is 19.2 Å². The van der Waals surface area contributed by atoms with Crippen LogP contribution in [0.25, 0.3) is 0 Å². The molecule has 0 radical (unpaired) electrons. The predicted molar refractivity (Wildman–Crippen MR) is 43.5 cm³/mol. The van der Waals surface area contributed by atoms with Crippen molar-refractivity contribution < 1.29 is 9.84 Å². The second-order valence-electron chi connectivity index (χ2n) is 2.15. The van der Waals surface area contributed by atoms with Crippen molar-refractivity contribution in [3.05, 3.63) is 12.1 Å². The van der Waals surface area contributed by atoms with E-state index in [4.69, 9.17) is 21.3 Å². The molecule has 0 aliphatic heterocycles. The fourth-order valence-corrected chi connectivity index (χ4v) is 0.780. The van der Waals surface area contributed by atoms with E-state index >= 15 is 0 Å². The molecule has 4 heteroatoms. The Kier molecular flexibility index (Phi) is 1.76. The lowest BCUT2D eigenvalue weighted by Gasteiger charge is -2.05. The summed E-state index contributed by atoms with van der Waals surface area (Å²) in [5.74, 6) is 0.410. The highest BCUT2D eigenvalue weighted by Crippen LogP contribution is 2.31. The molecule has 1 aromatic carbocycles. The van der Waals surface area contributed by atoms with E-state index in [0.717, 1.165) is 0 Å². The monoisotopic (exact) mass is 154 g/mol. The van der Waals surface area contributed by atoms with E-state index in [1.54, 1.807) is 0 Å². The molecule has 1 rings (SSSR count). The zero-order valence-corrected chi connectivity index (χ0v) is 6.16. The number of rotatable bonds is 1. The van der Waals surface area contributed by atoms with Gasteiger partial charge in [-0.2, -0.15) is 0 Å². The van der Waals surface area contributed by atoms with Crippen LogP contribution in [-0.4, -0.2) is 12.2 Å². The Labute approximate surface area is 64.4 Å². The van der Waals surface area contributed by atoms with Gasteiger partial charge >= 0.3 is 0 Å². The van der Waals surface area contributed by atoms with Crippen LogP contribution < -0.4 is 16.2 Å². The Balaban J connectivity index is 3.21. The molecule has 1 aromatic rings. The molecular formula is C7H10N2O2. The number of phenols is 1. The van der Waals surface area contributed by atoms with Gasteiger partial charge in [0.2, 0.25) is 0 Å². The zero-order valence-electron chi connectivity index (χ0n) is 6.16. The summed E-state index contributed by atoms with van der Waals surface area (Å²) in [7, 11) is 1.47. The first-order valence-electron chi connectivity index (χ1n) is 3.07. The van der Waals surface area contributed by atoms with Crippen molar-refractivity contribution in [1.29, 1.82) is 0 Å². The minimum atomic E-state index is -0.0175. The highest BCUT2D eigenvalue weighted by molar-refractivity contribution is 5.67. The molecule has 0 aliphatic rings. The van der Waals surface area contributed by atoms with Crippen molar-refractivity contribution in [2.45, 2.75) is 0 Å². The third-order valence-electron chi connectivity index (χ3n) is 1.38. The quantitative estimate of drug-likeness (QED) is 0.313. The molecule has 0 amide bonds. The lowest BCUT2D eigenvalue weighted by molar-refractivity contribution is 0.410. The van der Waals surface area contributed by atoms with Crippen molar-refractivity contribution in [3.63, 3.8) is 0 Å². The topological polar surface area (TPSA) is 81.5 Å². The average Bonchev–Trinajstić information content (AvgIpc) is 1.97. The third-order valence-corrected chi connectivity index (χ3v) is 1.38. The normalized spacial score (nSPS) is 9.55. The van der Waals surface area contributed by atoms with Crippen LogP contribution in [0.3, 0.4) is 0 Å². The molecule has 0 atom stereocenters. The number of anilines is 2. The maximum Gasteiger partial charge on any atom is 0.145 e. The van der Waals surface area contributed by atoms with Gasteiger partial charge in [0, 0.05) is 6.07 Å². The Bertz CT molecular complexity index is 273. The summed E-state index contributed by atoms with van der Waals surface area (Å²) in [5, 5.41) is 9.10. The molecule has 0 saturated carbocycles. The SMILES string of the molecule is COc1cc(O)c(N)cc1N. The van der Waals surface area contributed by atoms with Gasteiger partial charge in [0.15, 0.2) is 0 Å². The summed E-state index contributed by atoms with van der Waals surface area (Å²) in [6, 6.07) is 2.83. The van der Waals surface area contributed by atoms with Crippen LogP contribution in [0, 0.1) is 0 Å². The number of nitrogen functional groups attached to an aromatic ring is 2. The molecule has 60 valence electrons. The standard InChI is InChI=1S/C7H10N2O2/c1-11-7-3-6(10)4(8)2-5(7)9/h2-3,10H,8-9H2,1H3. The summed E-state index contributed by atoms with van der Waals surface area (Å²) in [4.78, 5) is 0. The molecule has 0 aromatic heterocycles. The average molecular weight is 154 g/mol. The molecule has 0 heterocycles. The number of benzene rings is 1. The molecule has 0 fully saturated rings. The Morgan fingerprint density at radius 1 is 1.27 bits per heavy atom. The van der Waals surface area contributed by atoms with Crippen molar-refractivity contribution in [3.8, 4) is 11.5 Å². The van der Waals surface area contributed by atoms with Crippen LogP contribution >= 0.6 is 0 Å². The molecule has 0 unspecified atom stereocenters. The van der Waals surface area contributed by atoms with Gasteiger partial charge in [-0.05, 0) is 6.07 Å². The van der Waals surface area contributed by atoms with E-state index in [-0.39, 0.29) is 11.4 Å². The van der Waals surface area contributed by atoms with Gasteiger partial charge in [-0.15, -0.1) is 0 Å². The highest BCUT2D eigenvalue weighted by atomic mass is 16.5. The number of hydrogen-bond acceptors (Lipinski definition) is 4. The number of hydrogen-bond donors (Lipinski definition) is 3.